The highest BCUT2D eigenvalue weighted by Gasteiger charge is 2.39. The second kappa shape index (κ2) is 8.08. The van der Waals surface area contributed by atoms with Crippen LogP contribution in [0.4, 0.5) is 0 Å². The van der Waals surface area contributed by atoms with Gasteiger partial charge in [0.1, 0.15) is 17.3 Å². The monoisotopic (exact) mass is 458 g/mol. The van der Waals surface area contributed by atoms with Crippen molar-refractivity contribution < 1.29 is 4.74 Å². The lowest BCUT2D eigenvalue weighted by atomic mass is 9.83. The molecular weight excluding hydrogens is 443 g/mol. The predicted octanol–water partition coefficient (Wildman–Crippen LogP) is 6.06. The number of aromatic nitrogens is 2. The van der Waals surface area contributed by atoms with Gasteiger partial charge in [-0.2, -0.15) is 15.0 Å². The number of nitrogens with zero attached hydrogens (tertiary/aromatic N) is 3. The van der Waals surface area contributed by atoms with Gasteiger partial charge in [-0.1, -0.05) is 77.8 Å². The van der Waals surface area contributed by atoms with Crippen LogP contribution >= 0.6 is 23.2 Å². The number of para-hydroxylation sites is 1. The first-order valence-corrected chi connectivity index (χ1v) is 10.6. The maximum Gasteiger partial charge on any atom is 0.229 e. The van der Waals surface area contributed by atoms with Crippen LogP contribution in [0.2, 0.25) is 10.0 Å². The average molecular weight is 459 g/mol. The number of ether oxygens (including phenoxy) is 1. The highest BCUT2D eigenvalue weighted by molar-refractivity contribution is 6.36. The van der Waals surface area contributed by atoms with Crippen molar-refractivity contribution in [2.75, 3.05) is 0 Å². The topological polar surface area (TPSA) is 76.9 Å². The summed E-state index contributed by atoms with van der Waals surface area (Å²) < 4.78 is 7.69. The minimum atomic E-state index is -0.641. The Morgan fingerprint density at radius 1 is 0.875 bits per heavy atom. The molecule has 1 aromatic heterocycles. The molecule has 1 atom stereocenters. The van der Waals surface area contributed by atoms with Gasteiger partial charge in [-0.25, -0.2) is 0 Å². The summed E-state index contributed by atoms with van der Waals surface area (Å²) in [5, 5.41) is 15.8. The SMILES string of the molecule is N#CC1=C(N)Oc2c(c(-c3ccccc3)nn2-c2ccccc2)[C@@H]1c1c(Cl)cccc1Cl. The van der Waals surface area contributed by atoms with E-state index in [4.69, 9.17) is 38.8 Å². The number of fused-ring (bicyclic) bond motifs is 1. The Morgan fingerprint density at radius 2 is 1.50 bits per heavy atom. The van der Waals surface area contributed by atoms with Crippen LogP contribution in [0.15, 0.2) is 90.3 Å². The van der Waals surface area contributed by atoms with Gasteiger partial charge in [0.15, 0.2) is 0 Å². The summed E-state index contributed by atoms with van der Waals surface area (Å²) >= 11 is 13.2. The molecule has 0 saturated carbocycles. The van der Waals surface area contributed by atoms with Gasteiger partial charge in [-0.05, 0) is 24.3 Å². The molecule has 32 heavy (non-hydrogen) atoms. The van der Waals surface area contributed by atoms with Crippen LogP contribution in [0.1, 0.15) is 17.0 Å². The van der Waals surface area contributed by atoms with E-state index in [9.17, 15) is 5.26 Å². The maximum absolute atomic E-state index is 10.0. The maximum atomic E-state index is 10.0. The van der Waals surface area contributed by atoms with Crippen LogP contribution in [0, 0.1) is 11.3 Å². The Balaban J connectivity index is 1.88. The Hall–Kier alpha value is -3.72. The third-order valence-corrected chi connectivity index (χ3v) is 6.04. The summed E-state index contributed by atoms with van der Waals surface area (Å²) in [5.74, 6) is -0.220. The first-order valence-electron chi connectivity index (χ1n) is 9.85. The Morgan fingerprint density at radius 3 is 2.12 bits per heavy atom. The fraction of sp³-hybridized carbons (Fsp3) is 0.0400. The molecule has 4 aromatic rings. The van der Waals surface area contributed by atoms with Crippen molar-refractivity contribution in [3.8, 4) is 28.9 Å². The zero-order valence-corrected chi connectivity index (χ0v) is 18.2. The van der Waals surface area contributed by atoms with Crippen LogP contribution in [0.3, 0.4) is 0 Å². The largest absolute Gasteiger partial charge is 0.422 e. The number of allylic oxidation sites excluding steroid dienone is 1. The zero-order valence-electron chi connectivity index (χ0n) is 16.7. The summed E-state index contributed by atoms with van der Waals surface area (Å²) in [6, 6.07) is 26.7. The van der Waals surface area contributed by atoms with Crippen molar-refractivity contribution in [3.05, 3.63) is 111 Å². The molecule has 0 radical (unpaired) electrons. The minimum Gasteiger partial charge on any atom is -0.422 e. The van der Waals surface area contributed by atoms with Crippen molar-refractivity contribution in [2.45, 2.75) is 5.92 Å². The van der Waals surface area contributed by atoms with E-state index < -0.39 is 5.92 Å². The smallest absolute Gasteiger partial charge is 0.229 e. The molecule has 0 spiro atoms. The van der Waals surface area contributed by atoms with E-state index >= 15 is 0 Å². The fourth-order valence-corrected chi connectivity index (χ4v) is 4.58. The van der Waals surface area contributed by atoms with Crippen molar-refractivity contribution in [2.24, 2.45) is 5.73 Å². The van der Waals surface area contributed by atoms with Gasteiger partial charge in [0.05, 0.1) is 17.2 Å². The molecule has 0 bridgehead atoms. The average Bonchev–Trinajstić information content (AvgIpc) is 3.19. The molecule has 0 amide bonds. The van der Waals surface area contributed by atoms with Gasteiger partial charge in [-0.3, -0.25) is 0 Å². The zero-order chi connectivity index (χ0) is 22.2. The van der Waals surface area contributed by atoms with Crippen LogP contribution in [0.5, 0.6) is 5.88 Å². The second-order valence-electron chi connectivity index (χ2n) is 7.24. The lowest BCUT2D eigenvalue weighted by Gasteiger charge is -2.26. The summed E-state index contributed by atoms with van der Waals surface area (Å²) in [6.45, 7) is 0. The van der Waals surface area contributed by atoms with Gasteiger partial charge < -0.3 is 10.5 Å². The summed E-state index contributed by atoms with van der Waals surface area (Å²) in [7, 11) is 0. The molecule has 2 heterocycles. The lowest BCUT2D eigenvalue weighted by Crippen LogP contribution is -2.22. The van der Waals surface area contributed by atoms with E-state index in [-0.39, 0.29) is 11.5 Å². The van der Waals surface area contributed by atoms with Gasteiger partial charge >= 0.3 is 0 Å². The van der Waals surface area contributed by atoms with E-state index in [2.05, 4.69) is 6.07 Å². The van der Waals surface area contributed by atoms with Crippen LogP contribution in [-0.4, -0.2) is 9.78 Å². The first-order chi connectivity index (χ1) is 15.6. The molecule has 3 aromatic carbocycles. The molecule has 5 nitrogen and oxygen atoms in total. The molecule has 0 aliphatic carbocycles. The molecule has 5 rings (SSSR count). The molecule has 156 valence electrons. The summed E-state index contributed by atoms with van der Waals surface area (Å²) in [6.07, 6.45) is 0. The number of nitriles is 1. The third-order valence-electron chi connectivity index (χ3n) is 5.38. The van der Waals surface area contributed by atoms with Gasteiger partial charge in [0, 0.05) is 21.2 Å². The van der Waals surface area contributed by atoms with Crippen molar-refractivity contribution in [1.82, 2.24) is 9.78 Å². The van der Waals surface area contributed by atoms with Crippen molar-refractivity contribution in [3.63, 3.8) is 0 Å². The van der Waals surface area contributed by atoms with Gasteiger partial charge in [-0.15, -0.1) is 0 Å². The standard InChI is InChI=1S/C25H16Cl2N4O/c26-18-12-7-13-19(27)21(18)20-17(14-28)24(29)32-25-22(20)23(15-8-3-1-4-9-15)30-31(25)16-10-5-2-6-11-16/h1-13,20H,29H2/t20-/m0/s1. The number of rotatable bonds is 3. The van der Waals surface area contributed by atoms with Crippen molar-refractivity contribution in [1.29, 1.82) is 5.26 Å². The van der Waals surface area contributed by atoms with E-state index in [1.807, 2.05) is 60.7 Å². The number of nitrogens with two attached hydrogens (primary N) is 1. The second-order valence-corrected chi connectivity index (χ2v) is 8.06. The number of halogens is 2. The number of hydrogen-bond acceptors (Lipinski definition) is 4. The van der Waals surface area contributed by atoms with E-state index in [1.165, 1.54) is 0 Å². The number of hydrogen-bond donors (Lipinski definition) is 1. The van der Waals surface area contributed by atoms with Crippen LogP contribution in [0.25, 0.3) is 16.9 Å². The lowest BCUT2D eigenvalue weighted by molar-refractivity contribution is 0.367. The molecule has 2 N–H and O–H groups in total. The molecule has 1 aliphatic heterocycles. The van der Waals surface area contributed by atoms with E-state index in [0.29, 0.717) is 32.7 Å². The normalized spacial score (nSPS) is 15.1. The molecular formula is C25H16Cl2N4O. The highest BCUT2D eigenvalue weighted by Crippen LogP contribution is 2.50. The quantitative estimate of drug-likeness (QED) is 0.404. The number of benzene rings is 3. The first kappa shape index (κ1) is 20.2. The molecule has 0 unspecified atom stereocenters. The summed E-state index contributed by atoms with van der Waals surface area (Å²) in [4.78, 5) is 0. The molecule has 0 fully saturated rings. The Labute approximate surface area is 194 Å². The predicted molar refractivity (Wildman–Crippen MR) is 125 cm³/mol. The Kier molecular flexibility index (Phi) is 5.10. The fourth-order valence-electron chi connectivity index (χ4n) is 3.97. The molecule has 1 aliphatic rings. The molecule has 0 saturated heterocycles. The van der Waals surface area contributed by atoms with Crippen molar-refractivity contribution >= 4 is 23.2 Å². The Bertz CT molecular complexity index is 1370. The third kappa shape index (κ3) is 3.21. The molecule has 7 heteroatoms. The van der Waals surface area contributed by atoms with E-state index in [1.54, 1.807) is 22.9 Å². The minimum absolute atomic E-state index is 0.00215. The van der Waals surface area contributed by atoms with Gasteiger partial charge in [0.25, 0.3) is 0 Å². The van der Waals surface area contributed by atoms with Crippen LogP contribution in [-0.2, 0) is 0 Å². The van der Waals surface area contributed by atoms with E-state index in [0.717, 1.165) is 11.3 Å². The van der Waals surface area contributed by atoms with Gasteiger partial charge in [0.2, 0.25) is 11.8 Å². The summed E-state index contributed by atoms with van der Waals surface area (Å²) in [5.41, 5.74) is 10.1. The highest BCUT2D eigenvalue weighted by atomic mass is 35.5. The van der Waals surface area contributed by atoms with Crippen LogP contribution < -0.4 is 10.5 Å².